The Bertz CT molecular complexity index is 487. The van der Waals surface area contributed by atoms with Gasteiger partial charge >= 0.3 is 6.03 Å². The highest BCUT2D eigenvalue weighted by Crippen LogP contribution is 2.25. The van der Waals surface area contributed by atoms with Crippen molar-refractivity contribution in [3.8, 4) is 0 Å². The molecule has 0 aliphatic carbocycles. The van der Waals surface area contributed by atoms with Gasteiger partial charge in [-0.1, -0.05) is 0 Å². The minimum absolute atomic E-state index is 0.0879. The third-order valence-corrected chi connectivity index (χ3v) is 4.97. The molecule has 1 atom stereocenters. The van der Waals surface area contributed by atoms with Crippen molar-refractivity contribution in [1.82, 2.24) is 14.7 Å². The molecule has 3 heterocycles. The number of nitrogens with two attached hydrogens (primary N) is 1. The van der Waals surface area contributed by atoms with Crippen LogP contribution in [0.1, 0.15) is 26.7 Å². The molecule has 0 aromatic rings. The predicted molar refractivity (Wildman–Crippen MR) is 78.8 cm³/mol. The summed E-state index contributed by atoms with van der Waals surface area (Å²) in [5.74, 6) is 0.0930. The van der Waals surface area contributed by atoms with Crippen LogP contribution in [0.4, 0.5) is 4.79 Å². The van der Waals surface area contributed by atoms with Crippen LogP contribution in [0, 0.1) is 5.92 Å². The summed E-state index contributed by atoms with van der Waals surface area (Å²) in [6.45, 7) is 7.04. The Morgan fingerprint density at radius 1 is 1.18 bits per heavy atom. The van der Waals surface area contributed by atoms with E-state index in [4.69, 9.17) is 0 Å². The number of piperidine rings is 1. The molecule has 3 fully saturated rings. The molecule has 0 unspecified atom stereocenters. The first-order valence-electron chi connectivity index (χ1n) is 8.25. The first-order valence-corrected chi connectivity index (χ1v) is 8.25. The Labute approximate surface area is 130 Å². The van der Waals surface area contributed by atoms with Crippen molar-refractivity contribution in [2.75, 3.05) is 32.7 Å². The quantitative estimate of drug-likeness (QED) is 0.654. The van der Waals surface area contributed by atoms with Gasteiger partial charge in [0, 0.05) is 37.9 Å². The summed E-state index contributed by atoms with van der Waals surface area (Å²) in [5, 5.41) is 2.24. The van der Waals surface area contributed by atoms with Crippen LogP contribution >= 0.6 is 0 Å². The van der Waals surface area contributed by atoms with Crippen molar-refractivity contribution >= 4 is 17.8 Å². The smallest absolute Gasteiger partial charge is 0.327 e. The zero-order valence-corrected chi connectivity index (χ0v) is 13.3. The van der Waals surface area contributed by atoms with Gasteiger partial charge in [-0.05, 0) is 13.8 Å². The fraction of sp³-hybridized carbons (Fsp3) is 0.800. The van der Waals surface area contributed by atoms with Crippen LogP contribution in [0.5, 0.6) is 0 Å². The van der Waals surface area contributed by atoms with Gasteiger partial charge in [-0.2, -0.15) is 0 Å². The second-order valence-electron chi connectivity index (χ2n) is 6.72. The average molecular weight is 309 g/mol. The van der Waals surface area contributed by atoms with E-state index in [0.29, 0.717) is 19.6 Å². The van der Waals surface area contributed by atoms with Gasteiger partial charge in [-0.25, -0.2) is 4.79 Å². The van der Waals surface area contributed by atoms with Gasteiger partial charge in [0.2, 0.25) is 5.91 Å². The van der Waals surface area contributed by atoms with E-state index in [1.165, 1.54) is 4.90 Å². The van der Waals surface area contributed by atoms with Crippen LogP contribution in [0.2, 0.25) is 0 Å². The SMILES string of the molecule is CC(C)N1C(=O)[C@@H]2CN(C(=O)C3CC[NH2+]CC3)CCN2C1=O. The average Bonchev–Trinajstić information content (AvgIpc) is 2.78. The highest BCUT2D eigenvalue weighted by Gasteiger charge is 2.49. The fourth-order valence-electron chi connectivity index (χ4n) is 3.72. The summed E-state index contributed by atoms with van der Waals surface area (Å²) < 4.78 is 0. The number of carbonyl (C=O) groups is 3. The Kier molecular flexibility index (Phi) is 4.08. The molecule has 0 saturated carbocycles. The summed E-state index contributed by atoms with van der Waals surface area (Å²) in [6.07, 6.45) is 1.82. The second kappa shape index (κ2) is 5.87. The molecule has 0 bridgehead atoms. The highest BCUT2D eigenvalue weighted by molar-refractivity contribution is 6.05. The zero-order chi connectivity index (χ0) is 15.9. The van der Waals surface area contributed by atoms with E-state index < -0.39 is 6.04 Å². The molecular weight excluding hydrogens is 284 g/mol. The topological polar surface area (TPSA) is 77.5 Å². The van der Waals surface area contributed by atoms with E-state index >= 15 is 0 Å². The lowest BCUT2D eigenvalue weighted by Crippen LogP contribution is -2.86. The Morgan fingerprint density at radius 2 is 1.86 bits per heavy atom. The largest absolute Gasteiger partial charge is 0.346 e. The molecule has 0 spiro atoms. The number of piperazine rings is 1. The number of nitrogens with zero attached hydrogens (tertiary/aromatic N) is 3. The molecule has 7 heteroatoms. The second-order valence-corrected chi connectivity index (χ2v) is 6.72. The van der Waals surface area contributed by atoms with Gasteiger partial charge in [0.25, 0.3) is 5.91 Å². The molecule has 0 aromatic heterocycles. The minimum Gasteiger partial charge on any atom is -0.346 e. The van der Waals surface area contributed by atoms with Crippen molar-refractivity contribution in [2.45, 2.75) is 38.8 Å². The lowest BCUT2D eigenvalue weighted by atomic mass is 9.96. The summed E-state index contributed by atoms with van der Waals surface area (Å²) in [6, 6.07) is -0.823. The van der Waals surface area contributed by atoms with Gasteiger partial charge in [-0.3, -0.25) is 14.5 Å². The Balaban J connectivity index is 1.69. The summed E-state index contributed by atoms with van der Waals surface area (Å²) >= 11 is 0. The van der Waals surface area contributed by atoms with Crippen molar-refractivity contribution in [1.29, 1.82) is 0 Å². The summed E-state index contributed by atoms with van der Waals surface area (Å²) in [7, 11) is 0. The van der Waals surface area contributed by atoms with E-state index in [0.717, 1.165) is 25.9 Å². The van der Waals surface area contributed by atoms with Crippen molar-refractivity contribution in [3.63, 3.8) is 0 Å². The highest BCUT2D eigenvalue weighted by atomic mass is 16.2. The van der Waals surface area contributed by atoms with Crippen LogP contribution in [0.3, 0.4) is 0 Å². The molecule has 22 heavy (non-hydrogen) atoms. The molecule has 0 radical (unpaired) electrons. The van der Waals surface area contributed by atoms with Gasteiger partial charge < -0.3 is 15.1 Å². The van der Waals surface area contributed by atoms with E-state index in [1.807, 2.05) is 13.8 Å². The number of hydrogen-bond donors (Lipinski definition) is 1. The Morgan fingerprint density at radius 3 is 2.50 bits per heavy atom. The molecule has 3 saturated heterocycles. The Hall–Kier alpha value is -1.63. The maximum atomic E-state index is 12.6. The number of rotatable bonds is 2. The number of quaternary nitrogens is 1. The van der Waals surface area contributed by atoms with E-state index in [1.54, 1.807) is 9.80 Å². The van der Waals surface area contributed by atoms with E-state index in [9.17, 15) is 14.4 Å². The molecule has 3 rings (SSSR count). The molecule has 3 aliphatic rings. The van der Waals surface area contributed by atoms with Crippen LogP contribution in [0.25, 0.3) is 0 Å². The minimum atomic E-state index is -0.484. The fourth-order valence-corrected chi connectivity index (χ4v) is 3.72. The molecule has 122 valence electrons. The monoisotopic (exact) mass is 309 g/mol. The number of hydrogen-bond acceptors (Lipinski definition) is 3. The maximum absolute atomic E-state index is 12.6. The van der Waals surface area contributed by atoms with Gasteiger partial charge in [0.05, 0.1) is 19.6 Å². The van der Waals surface area contributed by atoms with Crippen molar-refractivity contribution in [2.24, 2.45) is 5.92 Å². The van der Waals surface area contributed by atoms with Crippen molar-refractivity contribution in [3.05, 3.63) is 0 Å². The number of carbonyl (C=O) groups excluding carboxylic acids is 3. The summed E-state index contributed by atoms with van der Waals surface area (Å²) in [4.78, 5) is 42.1. The maximum Gasteiger partial charge on any atom is 0.327 e. The van der Waals surface area contributed by atoms with Crippen LogP contribution in [-0.2, 0) is 9.59 Å². The van der Waals surface area contributed by atoms with Crippen LogP contribution in [-0.4, -0.2) is 77.4 Å². The lowest BCUT2D eigenvalue weighted by molar-refractivity contribution is -0.664. The molecule has 7 nitrogen and oxygen atoms in total. The number of urea groups is 1. The van der Waals surface area contributed by atoms with Crippen molar-refractivity contribution < 1.29 is 19.7 Å². The molecular formula is C15H25N4O3+. The summed E-state index contributed by atoms with van der Waals surface area (Å²) in [5.41, 5.74) is 0. The number of amides is 4. The van der Waals surface area contributed by atoms with E-state index in [2.05, 4.69) is 5.32 Å². The predicted octanol–water partition coefficient (Wildman–Crippen LogP) is -1.16. The van der Waals surface area contributed by atoms with Gasteiger partial charge in [0.15, 0.2) is 0 Å². The standard InChI is InChI=1S/C15H24N4O3/c1-10(2)19-14(21)12-9-17(7-8-18(12)15(19)22)13(20)11-3-5-16-6-4-11/h10-12,16H,3-9H2,1-2H3/p+1/t12-/m0/s1. The van der Waals surface area contributed by atoms with Crippen LogP contribution < -0.4 is 5.32 Å². The molecule has 2 N–H and O–H groups in total. The third-order valence-electron chi connectivity index (χ3n) is 4.97. The van der Waals surface area contributed by atoms with Gasteiger partial charge in [-0.15, -0.1) is 0 Å². The lowest BCUT2D eigenvalue weighted by Gasteiger charge is -2.37. The van der Waals surface area contributed by atoms with E-state index in [-0.39, 0.29) is 29.8 Å². The molecule has 4 amide bonds. The first kappa shape index (κ1) is 15.3. The molecule has 0 aromatic carbocycles. The van der Waals surface area contributed by atoms with Crippen LogP contribution in [0.15, 0.2) is 0 Å². The first-order chi connectivity index (χ1) is 10.5. The third kappa shape index (κ3) is 2.47. The van der Waals surface area contributed by atoms with Gasteiger partial charge in [0.1, 0.15) is 6.04 Å². The number of imide groups is 1. The molecule has 3 aliphatic heterocycles. The zero-order valence-electron chi connectivity index (χ0n) is 13.3. The number of fused-ring (bicyclic) bond motifs is 1. The normalized spacial score (nSPS) is 26.9.